The predicted molar refractivity (Wildman–Crippen MR) is 169 cm³/mol. The maximum atomic E-state index is 12.3. The molecule has 9 heteroatoms. The fourth-order valence-corrected chi connectivity index (χ4v) is 4.81. The molecule has 9 nitrogen and oxygen atoms in total. The number of aromatic nitrogens is 2. The molecule has 0 atom stereocenters. The van der Waals surface area contributed by atoms with E-state index in [1.807, 2.05) is 91.0 Å². The van der Waals surface area contributed by atoms with E-state index in [1.54, 1.807) is 19.2 Å². The standard InChI is InChI=1S/C34H29N5O4/c1-42-28-17-11-24(12-18-28)31-29(23-9-15-27(40)16-10-23)30-32(36-21-37-33(30)43-31)35-20-19-22-7-13-26(14-8-22)39-34(41)38-25-5-3-2-4-6-25/h2-18,21,40H,19-20H2,1H3,(H,35,36,37)(H2,38,39,41). The molecule has 0 aliphatic heterocycles. The molecule has 4 aromatic carbocycles. The lowest BCUT2D eigenvalue weighted by atomic mass is 9.99. The number of anilines is 3. The third-order valence-corrected chi connectivity index (χ3v) is 6.95. The van der Waals surface area contributed by atoms with Crippen LogP contribution in [0.1, 0.15) is 5.56 Å². The van der Waals surface area contributed by atoms with Gasteiger partial charge in [0.15, 0.2) is 0 Å². The van der Waals surface area contributed by atoms with Crippen molar-refractivity contribution < 1.29 is 19.1 Å². The van der Waals surface area contributed by atoms with Gasteiger partial charge in [-0.1, -0.05) is 42.5 Å². The number of para-hydroxylation sites is 1. The highest BCUT2D eigenvalue weighted by Crippen LogP contribution is 2.43. The van der Waals surface area contributed by atoms with E-state index in [4.69, 9.17) is 9.15 Å². The number of benzene rings is 4. The number of urea groups is 1. The number of fused-ring (bicyclic) bond motifs is 1. The molecule has 2 heterocycles. The lowest BCUT2D eigenvalue weighted by molar-refractivity contribution is 0.262. The Bertz CT molecular complexity index is 1840. The molecule has 0 fully saturated rings. The van der Waals surface area contributed by atoms with Gasteiger partial charge in [-0.2, -0.15) is 0 Å². The van der Waals surface area contributed by atoms with E-state index >= 15 is 0 Å². The van der Waals surface area contributed by atoms with E-state index in [1.165, 1.54) is 6.33 Å². The number of ether oxygens (including phenoxy) is 1. The fraction of sp³-hybridized carbons (Fsp3) is 0.0882. The highest BCUT2D eigenvalue weighted by atomic mass is 16.5. The zero-order chi connectivity index (χ0) is 29.6. The number of amides is 2. The highest BCUT2D eigenvalue weighted by Gasteiger charge is 2.22. The Balaban J connectivity index is 1.20. The molecule has 6 aromatic rings. The molecular weight excluding hydrogens is 542 g/mol. The average molecular weight is 572 g/mol. The first-order valence-corrected chi connectivity index (χ1v) is 13.7. The number of carbonyl (C=O) groups is 1. The summed E-state index contributed by atoms with van der Waals surface area (Å²) in [6.45, 7) is 0.603. The molecule has 0 unspecified atom stereocenters. The molecule has 2 aromatic heterocycles. The summed E-state index contributed by atoms with van der Waals surface area (Å²) in [4.78, 5) is 21.3. The summed E-state index contributed by atoms with van der Waals surface area (Å²) >= 11 is 0. The van der Waals surface area contributed by atoms with Crippen LogP contribution in [-0.2, 0) is 6.42 Å². The Morgan fingerprint density at radius 3 is 2.19 bits per heavy atom. The Morgan fingerprint density at radius 2 is 1.49 bits per heavy atom. The van der Waals surface area contributed by atoms with Crippen molar-refractivity contribution in [3.8, 4) is 33.9 Å². The minimum Gasteiger partial charge on any atom is -0.508 e. The highest BCUT2D eigenvalue weighted by molar-refractivity contribution is 6.06. The molecule has 43 heavy (non-hydrogen) atoms. The first-order chi connectivity index (χ1) is 21.1. The predicted octanol–water partition coefficient (Wildman–Crippen LogP) is 7.57. The number of carbonyl (C=O) groups excluding carboxylic acids is 1. The minimum absolute atomic E-state index is 0.176. The molecule has 0 aliphatic carbocycles. The van der Waals surface area contributed by atoms with Gasteiger partial charge >= 0.3 is 6.03 Å². The smallest absolute Gasteiger partial charge is 0.323 e. The van der Waals surface area contributed by atoms with Crippen LogP contribution in [0.5, 0.6) is 11.5 Å². The van der Waals surface area contributed by atoms with Gasteiger partial charge in [0, 0.05) is 29.0 Å². The number of hydrogen-bond donors (Lipinski definition) is 4. The molecule has 214 valence electrons. The summed E-state index contributed by atoms with van der Waals surface area (Å²) in [5.74, 6) is 2.21. The van der Waals surface area contributed by atoms with Crippen molar-refractivity contribution in [3.05, 3.63) is 115 Å². The van der Waals surface area contributed by atoms with Crippen molar-refractivity contribution in [2.24, 2.45) is 0 Å². The van der Waals surface area contributed by atoms with Crippen LogP contribution >= 0.6 is 0 Å². The van der Waals surface area contributed by atoms with Crippen LogP contribution in [0.2, 0.25) is 0 Å². The summed E-state index contributed by atoms with van der Waals surface area (Å²) in [5, 5.41) is 19.8. The number of nitrogens with one attached hydrogen (secondary N) is 3. The van der Waals surface area contributed by atoms with Gasteiger partial charge in [-0.3, -0.25) is 0 Å². The quantitative estimate of drug-likeness (QED) is 0.141. The van der Waals surface area contributed by atoms with Gasteiger partial charge in [-0.15, -0.1) is 0 Å². The minimum atomic E-state index is -0.299. The van der Waals surface area contributed by atoms with Crippen molar-refractivity contribution in [2.75, 3.05) is 29.6 Å². The SMILES string of the molecule is COc1ccc(-c2oc3ncnc(NCCc4ccc(NC(=O)Nc5ccccc5)cc4)c3c2-c2ccc(O)cc2)cc1. The van der Waals surface area contributed by atoms with Crippen molar-refractivity contribution in [2.45, 2.75) is 6.42 Å². The number of phenolic OH excluding ortho intramolecular Hbond substituents is 1. The summed E-state index contributed by atoms with van der Waals surface area (Å²) in [7, 11) is 1.63. The summed E-state index contributed by atoms with van der Waals surface area (Å²) in [6, 6.07) is 31.3. The average Bonchev–Trinajstić information content (AvgIpc) is 3.43. The van der Waals surface area contributed by atoms with Gasteiger partial charge in [0.2, 0.25) is 5.71 Å². The molecule has 6 rings (SSSR count). The van der Waals surface area contributed by atoms with Crippen LogP contribution in [-0.4, -0.2) is 34.8 Å². The number of furan rings is 1. The van der Waals surface area contributed by atoms with Crippen LogP contribution in [0.4, 0.5) is 22.0 Å². The number of methoxy groups -OCH3 is 1. The molecule has 0 saturated heterocycles. The molecule has 0 bridgehead atoms. The van der Waals surface area contributed by atoms with Crippen LogP contribution in [0.15, 0.2) is 114 Å². The van der Waals surface area contributed by atoms with Crippen molar-refractivity contribution in [1.82, 2.24) is 9.97 Å². The maximum absolute atomic E-state index is 12.3. The van der Waals surface area contributed by atoms with Gasteiger partial charge in [0.25, 0.3) is 0 Å². The molecule has 0 radical (unpaired) electrons. The Labute approximate surface area is 248 Å². The van der Waals surface area contributed by atoms with E-state index in [9.17, 15) is 9.90 Å². The van der Waals surface area contributed by atoms with Gasteiger partial charge < -0.3 is 30.2 Å². The first kappa shape index (κ1) is 27.3. The second kappa shape index (κ2) is 12.4. The van der Waals surface area contributed by atoms with Crippen LogP contribution < -0.4 is 20.7 Å². The Hall–Kier alpha value is -5.83. The van der Waals surface area contributed by atoms with Crippen molar-refractivity contribution >= 4 is 34.3 Å². The normalized spacial score (nSPS) is 10.8. The summed E-state index contributed by atoms with van der Waals surface area (Å²) in [5.41, 5.74) is 5.52. The number of rotatable bonds is 9. The van der Waals surface area contributed by atoms with Gasteiger partial charge in [-0.25, -0.2) is 14.8 Å². The number of nitrogens with zero attached hydrogens (tertiary/aromatic N) is 2. The summed E-state index contributed by atoms with van der Waals surface area (Å²) < 4.78 is 11.6. The second-order valence-corrected chi connectivity index (χ2v) is 9.80. The molecule has 0 spiro atoms. The lowest BCUT2D eigenvalue weighted by Gasteiger charge is -2.10. The first-order valence-electron chi connectivity index (χ1n) is 13.7. The molecule has 4 N–H and O–H groups in total. The lowest BCUT2D eigenvalue weighted by Crippen LogP contribution is -2.19. The maximum Gasteiger partial charge on any atom is 0.323 e. The molecule has 0 saturated carbocycles. The third kappa shape index (κ3) is 6.25. The van der Waals surface area contributed by atoms with E-state index < -0.39 is 0 Å². The third-order valence-electron chi connectivity index (χ3n) is 6.95. The fourth-order valence-electron chi connectivity index (χ4n) is 4.81. The summed E-state index contributed by atoms with van der Waals surface area (Å²) in [6.07, 6.45) is 2.20. The largest absolute Gasteiger partial charge is 0.508 e. The second-order valence-electron chi connectivity index (χ2n) is 9.80. The molecular formula is C34H29N5O4. The van der Waals surface area contributed by atoms with Gasteiger partial charge in [0.1, 0.15) is 29.4 Å². The number of hydrogen-bond acceptors (Lipinski definition) is 7. The monoisotopic (exact) mass is 571 g/mol. The Kier molecular flexibility index (Phi) is 7.86. The van der Waals surface area contributed by atoms with E-state index in [-0.39, 0.29) is 11.8 Å². The number of aromatic hydroxyl groups is 1. The van der Waals surface area contributed by atoms with Crippen molar-refractivity contribution in [1.29, 1.82) is 0 Å². The Morgan fingerprint density at radius 1 is 0.814 bits per heavy atom. The van der Waals surface area contributed by atoms with Crippen LogP contribution in [0, 0.1) is 0 Å². The van der Waals surface area contributed by atoms with Gasteiger partial charge in [0.05, 0.1) is 12.5 Å². The zero-order valence-corrected chi connectivity index (χ0v) is 23.4. The topological polar surface area (TPSA) is 122 Å². The van der Waals surface area contributed by atoms with Crippen LogP contribution in [0.3, 0.4) is 0 Å². The zero-order valence-electron chi connectivity index (χ0n) is 23.4. The van der Waals surface area contributed by atoms with Crippen molar-refractivity contribution in [3.63, 3.8) is 0 Å². The van der Waals surface area contributed by atoms with Gasteiger partial charge in [-0.05, 0) is 78.2 Å². The molecule has 0 aliphatic rings. The number of phenols is 1. The molecule has 2 amide bonds. The van der Waals surface area contributed by atoms with E-state index in [2.05, 4.69) is 25.9 Å². The van der Waals surface area contributed by atoms with E-state index in [0.29, 0.717) is 29.5 Å². The van der Waals surface area contributed by atoms with E-state index in [0.717, 1.165) is 45.5 Å². The van der Waals surface area contributed by atoms with Crippen LogP contribution in [0.25, 0.3) is 33.6 Å².